The van der Waals surface area contributed by atoms with Crippen LogP contribution in [0.3, 0.4) is 0 Å². The van der Waals surface area contributed by atoms with Crippen molar-refractivity contribution in [3.63, 3.8) is 0 Å². The van der Waals surface area contributed by atoms with Gasteiger partial charge in [-0.1, -0.05) is 11.6 Å². The van der Waals surface area contributed by atoms with Crippen LogP contribution in [0.5, 0.6) is 5.75 Å². The number of carbonyl (C=O) groups is 1. The van der Waals surface area contributed by atoms with Crippen LogP contribution in [-0.4, -0.2) is 22.7 Å². The number of aromatic nitrogens is 2. The zero-order chi connectivity index (χ0) is 16.2. The van der Waals surface area contributed by atoms with Crippen molar-refractivity contribution in [2.45, 2.75) is 6.92 Å². The van der Waals surface area contributed by atoms with Gasteiger partial charge in [-0.05, 0) is 55.5 Å². The van der Waals surface area contributed by atoms with Crippen LogP contribution in [0.2, 0.25) is 5.02 Å². The van der Waals surface area contributed by atoms with Crippen LogP contribution in [0.1, 0.15) is 17.3 Å². The summed E-state index contributed by atoms with van der Waals surface area (Å²) in [6, 6.07) is 14.8. The van der Waals surface area contributed by atoms with Gasteiger partial charge in [-0.15, -0.1) is 0 Å². The summed E-state index contributed by atoms with van der Waals surface area (Å²) in [7, 11) is 0. The molecular weight excluding hydrogens is 312 g/mol. The van der Waals surface area contributed by atoms with Crippen LogP contribution in [0.15, 0.2) is 54.7 Å². The summed E-state index contributed by atoms with van der Waals surface area (Å²) in [5.41, 5.74) is 2.88. The van der Waals surface area contributed by atoms with Crippen LogP contribution in [0.4, 0.5) is 0 Å². The second-order valence-electron chi connectivity index (χ2n) is 4.93. The fourth-order valence-corrected chi connectivity index (χ4v) is 2.43. The Morgan fingerprint density at radius 1 is 1.13 bits per heavy atom. The van der Waals surface area contributed by atoms with E-state index in [1.807, 2.05) is 43.3 Å². The Labute approximate surface area is 139 Å². The van der Waals surface area contributed by atoms with Crippen molar-refractivity contribution < 1.29 is 9.53 Å². The van der Waals surface area contributed by atoms with E-state index in [0.29, 0.717) is 22.9 Å². The number of ether oxygens (including phenoxy) is 1. The van der Waals surface area contributed by atoms with Crippen molar-refractivity contribution in [2.24, 2.45) is 0 Å². The molecule has 0 bridgehead atoms. The van der Waals surface area contributed by atoms with E-state index in [9.17, 15) is 4.79 Å². The number of carbonyl (C=O) groups excluding carboxylic acids is 1. The molecule has 0 unspecified atom stereocenters. The number of rotatable bonds is 5. The molecule has 0 atom stereocenters. The highest BCUT2D eigenvalue weighted by molar-refractivity contribution is 6.30. The Balaban J connectivity index is 1.98. The van der Waals surface area contributed by atoms with Crippen molar-refractivity contribution in [3.05, 3.63) is 65.3 Å². The number of benzene rings is 2. The number of hydrogen-bond acceptors (Lipinski definition) is 3. The van der Waals surface area contributed by atoms with Gasteiger partial charge in [-0.3, -0.25) is 4.79 Å². The van der Waals surface area contributed by atoms with Gasteiger partial charge in [0.15, 0.2) is 6.29 Å². The van der Waals surface area contributed by atoms with Crippen molar-refractivity contribution in [1.82, 2.24) is 9.78 Å². The third-order valence-corrected chi connectivity index (χ3v) is 3.65. The Bertz CT molecular complexity index is 808. The second-order valence-corrected chi connectivity index (χ2v) is 5.37. The van der Waals surface area contributed by atoms with Gasteiger partial charge >= 0.3 is 0 Å². The molecular formula is C18H15ClN2O2. The molecule has 0 aliphatic carbocycles. The monoisotopic (exact) mass is 326 g/mol. The lowest BCUT2D eigenvalue weighted by atomic mass is 10.1. The molecule has 116 valence electrons. The lowest BCUT2D eigenvalue weighted by Gasteiger charge is -2.04. The first-order valence-electron chi connectivity index (χ1n) is 7.25. The topological polar surface area (TPSA) is 44.1 Å². The van der Waals surface area contributed by atoms with E-state index in [0.717, 1.165) is 23.3 Å². The zero-order valence-electron chi connectivity index (χ0n) is 12.6. The van der Waals surface area contributed by atoms with Crippen LogP contribution < -0.4 is 4.74 Å². The summed E-state index contributed by atoms with van der Waals surface area (Å²) < 4.78 is 7.10. The van der Waals surface area contributed by atoms with Gasteiger partial charge in [0.25, 0.3) is 0 Å². The standard InChI is InChI=1S/C18H15ClN2O2/c1-2-23-17-9-3-13(4-10-17)18-14(12-22)11-21(20-18)16-7-5-15(19)6-8-16/h3-12H,2H2,1H3. The molecule has 0 saturated heterocycles. The minimum absolute atomic E-state index is 0.532. The first-order chi connectivity index (χ1) is 11.2. The fourth-order valence-electron chi connectivity index (χ4n) is 2.30. The van der Waals surface area contributed by atoms with E-state index in [1.54, 1.807) is 23.0 Å². The average molecular weight is 327 g/mol. The normalized spacial score (nSPS) is 10.5. The van der Waals surface area contributed by atoms with Crippen LogP contribution in [-0.2, 0) is 0 Å². The molecule has 1 aromatic heterocycles. The average Bonchev–Trinajstić information content (AvgIpc) is 3.01. The summed E-state index contributed by atoms with van der Waals surface area (Å²) in [4.78, 5) is 11.4. The lowest BCUT2D eigenvalue weighted by Crippen LogP contribution is -1.94. The molecule has 0 saturated carbocycles. The molecule has 2 aromatic carbocycles. The maximum Gasteiger partial charge on any atom is 0.153 e. The van der Waals surface area contributed by atoms with Gasteiger partial charge in [0, 0.05) is 16.8 Å². The minimum Gasteiger partial charge on any atom is -0.494 e. The SMILES string of the molecule is CCOc1ccc(-c2nn(-c3ccc(Cl)cc3)cc2C=O)cc1. The molecule has 1 heterocycles. The molecule has 0 radical (unpaired) electrons. The molecule has 0 fully saturated rings. The highest BCUT2D eigenvalue weighted by Gasteiger charge is 2.12. The van der Waals surface area contributed by atoms with Crippen molar-refractivity contribution in [1.29, 1.82) is 0 Å². The quantitative estimate of drug-likeness (QED) is 0.652. The van der Waals surface area contributed by atoms with Crippen molar-refractivity contribution in [3.8, 4) is 22.7 Å². The molecule has 0 aliphatic heterocycles. The van der Waals surface area contributed by atoms with Gasteiger partial charge in [0.2, 0.25) is 0 Å². The molecule has 0 amide bonds. The number of nitrogens with zero attached hydrogens (tertiary/aromatic N) is 2. The summed E-state index contributed by atoms with van der Waals surface area (Å²) >= 11 is 5.90. The summed E-state index contributed by atoms with van der Waals surface area (Å²) in [6.07, 6.45) is 2.52. The molecule has 0 spiro atoms. The van der Waals surface area contributed by atoms with E-state index in [4.69, 9.17) is 16.3 Å². The Kier molecular flexibility index (Phi) is 4.44. The maximum absolute atomic E-state index is 11.4. The molecule has 0 aliphatic rings. The van der Waals surface area contributed by atoms with Crippen LogP contribution in [0.25, 0.3) is 16.9 Å². The smallest absolute Gasteiger partial charge is 0.153 e. The fraction of sp³-hybridized carbons (Fsp3) is 0.111. The summed E-state index contributed by atoms with van der Waals surface area (Å²) in [5.74, 6) is 0.793. The molecule has 4 nitrogen and oxygen atoms in total. The Morgan fingerprint density at radius 3 is 2.43 bits per heavy atom. The van der Waals surface area contributed by atoms with E-state index in [1.165, 1.54) is 0 Å². The predicted molar refractivity (Wildman–Crippen MR) is 90.6 cm³/mol. The van der Waals surface area contributed by atoms with E-state index >= 15 is 0 Å². The van der Waals surface area contributed by atoms with Crippen molar-refractivity contribution >= 4 is 17.9 Å². The summed E-state index contributed by atoms with van der Waals surface area (Å²) in [6.45, 7) is 2.55. The van der Waals surface area contributed by atoms with E-state index < -0.39 is 0 Å². The Morgan fingerprint density at radius 2 is 1.83 bits per heavy atom. The molecule has 23 heavy (non-hydrogen) atoms. The molecule has 3 aromatic rings. The first kappa shape index (κ1) is 15.3. The van der Waals surface area contributed by atoms with E-state index in [-0.39, 0.29) is 0 Å². The number of aldehydes is 1. The van der Waals surface area contributed by atoms with Gasteiger partial charge < -0.3 is 4.74 Å². The highest BCUT2D eigenvalue weighted by atomic mass is 35.5. The number of halogens is 1. The predicted octanol–water partition coefficient (Wildman–Crippen LogP) is 4.40. The third-order valence-electron chi connectivity index (χ3n) is 3.40. The molecule has 0 N–H and O–H groups in total. The zero-order valence-corrected chi connectivity index (χ0v) is 13.3. The number of hydrogen-bond donors (Lipinski definition) is 0. The van der Waals surface area contributed by atoms with Gasteiger partial charge in [0.05, 0.1) is 17.9 Å². The minimum atomic E-state index is 0.532. The van der Waals surface area contributed by atoms with Gasteiger partial charge in [0.1, 0.15) is 11.4 Å². The first-order valence-corrected chi connectivity index (χ1v) is 7.63. The van der Waals surface area contributed by atoms with Crippen LogP contribution in [0, 0.1) is 0 Å². The Hall–Kier alpha value is -2.59. The molecule has 5 heteroatoms. The second kappa shape index (κ2) is 6.67. The summed E-state index contributed by atoms with van der Waals surface area (Å²) in [5, 5.41) is 5.18. The van der Waals surface area contributed by atoms with E-state index in [2.05, 4.69) is 5.10 Å². The largest absolute Gasteiger partial charge is 0.494 e. The maximum atomic E-state index is 11.4. The third kappa shape index (κ3) is 3.27. The molecule has 3 rings (SSSR count). The van der Waals surface area contributed by atoms with Gasteiger partial charge in [-0.25, -0.2) is 4.68 Å². The van der Waals surface area contributed by atoms with Crippen molar-refractivity contribution in [2.75, 3.05) is 6.61 Å². The van der Waals surface area contributed by atoms with Gasteiger partial charge in [-0.2, -0.15) is 5.10 Å². The lowest BCUT2D eigenvalue weighted by molar-refractivity contribution is 0.112. The van der Waals surface area contributed by atoms with Crippen LogP contribution >= 0.6 is 11.6 Å². The highest BCUT2D eigenvalue weighted by Crippen LogP contribution is 2.25.